The van der Waals surface area contributed by atoms with Crippen LogP contribution in [0.5, 0.6) is 0 Å². The maximum absolute atomic E-state index is 5.82. The number of nitrogens with zero attached hydrogens (tertiary/aromatic N) is 3. The van der Waals surface area contributed by atoms with E-state index in [0.717, 1.165) is 35.3 Å². The quantitative estimate of drug-likeness (QED) is 0.789. The Labute approximate surface area is 136 Å². The van der Waals surface area contributed by atoms with Gasteiger partial charge in [0.2, 0.25) is 5.95 Å². The van der Waals surface area contributed by atoms with Crippen molar-refractivity contribution in [3.63, 3.8) is 0 Å². The van der Waals surface area contributed by atoms with Crippen LogP contribution in [-0.4, -0.2) is 15.0 Å². The van der Waals surface area contributed by atoms with Gasteiger partial charge < -0.3 is 5.73 Å². The van der Waals surface area contributed by atoms with Crippen LogP contribution in [-0.2, 0) is 6.42 Å². The maximum Gasteiger partial charge on any atom is 0.220 e. The monoisotopic (exact) mass is 306 g/mol. The van der Waals surface area contributed by atoms with Gasteiger partial charge >= 0.3 is 0 Å². The molecule has 2 heterocycles. The predicted octanol–water partition coefficient (Wildman–Crippen LogP) is 4.15. The molecule has 0 spiro atoms. The lowest BCUT2D eigenvalue weighted by atomic mass is 9.97. The normalized spacial score (nSPS) is 11.1. The second-order valence-electron chi connectivity index (χ2n) is 6.12. The standard InChI is InChI=1S/C19H22N4/c1-5-6-15-18-16(23-19(20)22-15)8-7-14(21-18)17-12(3)9-11(2)10-13(17)4/h7-10H,5-6H2,1-4H3,(H2,20,22,23). The van der Waals surface area contributed by atoms with Gasteiger partial charge in [-0.25, -0.2) is 15.0 Å². The van der Waals surface area contributed by atoms with Gasteiger partial charge in [0, 0.05) is 5.56 Å². The van der Waals surface area contributed by atoms with Crippen LogP contribution >= 0.6 is 0 Å². The molecule has 2 aromatic heterocycles. The number of hydrogen-bond acceptors (Lipinski definition) is 4. The van der Waals surface area contributed by atoms with Crippen molar-refractivity contribution in [1.82, 2.24) is 15.0 Å². The highest BCUT2D eigenvalue weighted by atomic mass is 15.0. The van der Waals surface area contributed by atoms with E-state index in [-0.39, 0.29) is 0 Å². The number of hydrogen-bond donors (Lipinski definition) is 1. The van der Waals surface area contributed by atoms with Gasteiger partial charge in [0.05, 0.1) is 16.9 Å². The van der Waals surface area contributed by atoms with Crippen molar-refractivity contribution in [1.29, 1.82) is 0 Å². The number of aromatic nitrogens is 3. The Morgan fingerprint density at radius 1 is 0.957 bits per heavy atom. The molecule has 0 saturated carbocycles. The van der Waals surface area contributed by atoms with Crippen LogP contribution in [0.15, 0.2) is 24.3 Å². The molecule has 0 amide bonds. The first-order chi connectivity index (χ1) is 11.0. The van der Waals surface area contributed by atoms with Gasteiger partial charge in [-0.1, -0.05) is 31.0 Å². The molecule has 3 rings (SSSR count). The molecule has 0 aliphatic carbocycles. The molecular weight excluding hydrogens is 284 g/mol. The first-order valence-corrected chi connectivity index (χ1v) is 8.01. The second kappa shape index (κ2) is 5.95. The summed E-state index contributed by atoms with van der Waals surface area (Å²) in [6.07, 6.45) is 1.85. The molecule has 1 aromatic carbocycles. The largest absolute Gasteiger partial charge is 0.368 e. The Hall–Kier alpha value is -2.49. The summed E-state index contributed by atoms with van der Waals surface area (Å²) in [4.78, 5) is 13.6. The van der Waals surface area contributed by atoms with E-state index >= 15 is 0 Å². The van der Waals surface area contributed by atoms with E-state index in [2.05, 4.69) is 49.8 Å². The fourth-order valence-electron chi connectivity index (χ4n) is 3.23. The average Bonchev–Trinajstić information content (AvgIpc) is 2.47. The number of benzene rings is 1. The summed E-state index contributed by atoms with van der Waals surface area (Å²) in [5.41, 5.74) is 14.3. The van der Waals surface area contributed by atoms with Crippen LogP contribution < -0.4 is 5.73 Å². The lowest BCUT2D eigenvalue weighted by molar-refractivity contribution is 0.885. The molecule has 0 atom stereocenters. The average molecular weight is 306 g/mol. The molecule has 0 fully saturated rings. The van der Waals surface area contributed by atoms with Gasteiger partial charge in [-0.05, 0) is 50.5 Å². The van der Waals surface area contributed by atoms with Gasteiger partial charge in [0.1, 0.15) is 5.52 Å². The molecule has 3 aromatic rings. The summed E-state index contributed by atoms with van der Waals surface area (Å²) in [5, 5.41) is 0. The minimum Gasteiger partial charge on any atom is -0.368 e. The Bertz CT molecular complexity index is 861. The zero-order valence-electron chi connectivity index (χ0n) is 14.1. The molecule has 118 valence electrons. The lowest BCUT2D eigenvalue weighted by Crippen LogP contribution is -2.03. The van der Waals surface area contributed by atoms with Crippen molar-refractivity contribution in [3.05, 3.63) is 46.6 Å². The van der Waals surface area contributed by atoms with Crippen LogP contribution in [0, 0.1) is 20.8 Å². The summed E-state index contributed by atoms with van der Waals surface area (Å²) in [6.45, 7) is 8.51. The van der Waals surface area contributed by atoms with Crippen LogP contribution in [0.25, 0.3) is 22.3 Å². The Morgan fingerprint density at radius 2 is 1.65 bits per heavy atom. The van der Waals surface area contributed by atoms with Crippen molar-refractivity contribution in [2.45, 2.75) is 40.5 Å². The predicted molar refractivity (Wildman–Crippen MR) is 95.4 cm³/mol. The van der Waals surface area contributed by atoms with Crippen LogP contribution in [0.2, 0.25) is 0 Å². The zero-order valence-corrected chi connectivity index (χ0v) is 14.1. The van der Waals surface area contributed by atoms with Crippen LogP contribution in [0.3, 0.4) is 0 Å². The number of nitrogen functional groups attached to an aromatic ring is 1. The Balaban J connectivity index is 2.24. The molecular formula is C19H22N4. The van der Waals surface area contributed by atoms with Crippen molar-refractivity contribution < 1.29 is 0 Å². The zero-order chi connectivity index (χ0) is 16.6. The van der Waals surface area contributed by atoms with Gasteiger partial charge in [-0.3, -0.25) is 0 Å². The number of fused-ring (bicyclic) bond motifs is 1. The van der Waals surface area contributed by atoms with E-state index in [0.29, 0.717) is 5.95 Å². The third-order valence-corrected chi connectivity index (χ3v) is 4.05. The minimum absolute atomic E-state index is 0.318. The summed E-state index contributed by atoms with van der Waals surface area (Å²) < 4.78 is 0. The molecule has 0 bridgehead atoms. The summed E-state index contributed by atoms with van der Waals surface area (Å²) in [5.74, 6) is 0.318. The first kappa shape index (κ1) is 15.4. The van der Waals surface area contributed by atoms with Crippen LogP contribution in [0.1, 0.15) is 35.7 Å². The lowest BCUT2D eigenvalue weighted by Gasteiger charge is -2.12. The van der Waals surface area contributed by atoms with E-state index in [1.807, 2.05) is 12.1 Å². The fraction of sp³-hybridized carbons (Fsp3) is 0.316. The molecule has 0 saturated heterocycles. The van der Waals surface area contributed by atoms with E-state index in [4.69, 9.17) is 10.7 Å². The molecule has 0 aliphatic heterocycles. The van der Waals surface area contributed by atoms with Gasteiger partial charge in [-0.15, -0.1) is 0 Å². The van der Waals surface area contributed by atoms with Crippen molar-refractivity contribution in [2.75, 3.05) is 5.73 Å². The summed E-state index contributed by atoms with van der Waals surface area (Å²) >= 11 is 0. The smallest absolute Gasteiger partial charge is 0.220 e. The topological polar surface area (TPSA) is 64.7 Å². The molecule has 23 heavy (non-hydrogen) atoms. The third kappa shape index (κ3) is 2.89. The molecule has 0 aliphatic rings. The molecule has 4 nitrogen and oxygen atoms in total. The van der Waals surface area contributed by atoms with Crippen molar-refractivity contribution in [2.24, 2.45) is 0 Å². The maximum atomic E-state index is 5.82. The fourth-order valence-corrected chi connectivity index (χ4v) is 3.23. The van der Waals surface area contributed by atoms with E-state index in [9.17, 15) is 0 Å². The number of nitrogens with two attached hydrogens (primary N) is 1. The number of rotatable bonds is 3. The third-order valence-electron chi connectivity index (χ3n) is 4.05. The SMILES string of the molecule is CCCc1nc(N)nc2ccc(-c3c(C)cc(C)cc3C)nc12. The van der Waals surface area contributed by atoms with Crippen LogP contribution in [0.4, 0.5) is 5.95 Å². The summed E-state index contributed by atoms with van der Waals surface area (Å²) in [7, 11) is 0. The highest BCUT2D eigenvalue weighted by Gasteiger charge is 2.12. The van der Waals surface area contributed by atoms with Gasteiger partial charge in [-0.2, -0.15) is 0 Å². The Kier molecular flexibility index (Phi) is 3.99. The number of anilines is 1. The second-order valence-corrected chi connectivity index (χ2v) is 6.12. The van der Waals surface area contributed by atoms with Gasteiger partial charge in [0.25, 0.3) is 0 Å². The molecule has 0 unspecified atom stereocenters. The Morgan fingerprint density at radius 3 is 2.30 bits per heavy atom. The molecule has 2 N–H and O–H groups in total. The molecule has 4 heteroatoms. The van der Waals surface area contributed by atoms with E-state index in [1.165, 1.54) is 22.3 Å². The van der Waals surface area contributed by atoms with Crippen molar-refractivity contribution >= 4 is 17.0 Å². The number of pyridine rings is 1. The summed E-state index contributed by atoms with van der Waals surface area (Å²) in [6, 6.07) is 8.41. The minimum atomic E-state index is 0.318. The number of aryl methyl sites for hydroxylation is 4. The van der Waals surface area contributed by atoms with E-state index in [1.54, 1.807) is 0 Å². The first-order valence-electron chi connectivity index (χ1n) is 8.01. The van der Waals surface area contributed by atoms with Gasteiger partial charge in [0.15, 0.2) is 0 Å². The van der Waals surface area contributed by atoms with Crippen molar-refractivity contribution in [3.8, 4) is 11.3 Å². The highest BCUT2D eigenvalue weighted by Crippen LogP contribution is 2.29. The highest BCUT2D eigenvalue weighted by molar-refractivity contribution is 5.82. The van der Waals surface area contributed by atoms with E-state index < -0.39 is 0 Å². The molecule has 0 radical (unpaired) electrons.